The molecule has 1 aliphatic carbocycles. The monoisotopic (exact) mass is 278 g/mol. The van der Waals surface area contributed by atoms with E-state index in [0.29, 0.717) is 18.0 Å². The zero-order valence-electron chi connectivity index (χ0n) is 11.8. The third-order valence-corrected chi connectivity index (χ3v) is 3.75. The van der Waals surface area contributed by atoms with Gasteiger partial charge in [-0.15, -0.1) is 0 Å². The van der Waals surface area contributed by atoms with Gasteiger partial charge in [0, 0.05) is 12.5 Å². The molecule has 1 saturated carbocycles. The van der Waals surface area contributed by atoms with Crippen LogP contribution in [0.15, 0.2) is 24.3 Å². The molecule has 0 spiro atoms. The minimum atomic E-state index is -0.296. The number of urea groups is 1. The molecule has 1 aromatic carbocycles. The van der Waals surface area contributed by atoms with E-state index in [4.69, 9.17) is 4.74 Å². The minimum Gasteiger partial charge on any atom is -0.495 e. The number of hydrogen-bond acceptors (Lipinski definition) is 3. The average molecular weight is 278 g/mol. The van der Waals surface area contributed by atoms with Gasteiger partial charge in [-0.05, 0) is 25.0 Å². The first-order valence-electron chi connectivity index (χ1n) is 7.06. The SMILES string of the molecule is COc1ccccc1NC(=O)NCC1CCCCC1O. The Bertz CT molecular complexity index is 450. The van der Waals surface area contributed by atoms with Gasteiger partial charge in [-0.1, -0.05) is 25.0 Å². The topological polar surface area (TPSA) is 70.6 Å². The highest BCUT2D eigenvalue weighted by atomic mass is 16.5. The fraction of sp³-hybridized carbons (Fsp3) is 0.533. The molecule has 0 saturated heterocycles. The maximum Gasteiger partial charge on any atom is 0.319 e. The molecule has 5 heteroatoms. The van der Waals surface area contributed by atoms with Crippen LogP contribution in [-0.2, 0) is 0 Å². The van der Waals surface area contributed by atoms with Crippen molar-refractivity contribution in [3.05, 3.63) is 24.3 Å². The number of hydrogen-bond donors (Lipinski definition) is 3. The Morgan fingerprint density at radius 2 is 2.10 bits per heavy atom. The van der Waals surface area contributed by atoms with E-state index in [-0.39, 0.29) is 18.1 Å². The van der Waals surface area contributed by atoms with Gasteiger partial charge in [-0.2, -0.15) is 0 Å². The Balaban J connectivity index is 1.83. The molecule has 2 amide bonds. The van der Waals surface area contributed by atoms with E-state index >= 15 is 0 Å². The fourth-order valence-corrected chi connectivity index (χ4v) is 2.56. The molecule has 5 nitrogen and oxygen atoms in total. The van der Waals surface area contributed by atoms with Crippen LogP contribution >= 0.6 is 0 Å². The normalized spacial score (nSPS) is 22.1. The summed E-state index contributed by atoms with van der Waals surface area (Å²) in [4.78, 5) is 11.9. The van der Waals surface area contributed by atoms with Crippen molar-refractivity contribution in [1.82, 2.24) is 5.32 Å². The van der Waals surface area contributed by atoms with E-state index in [1.54, 1.807) is 19.2 Å². The van der Waals surface area contributed by atoms with Crippen LogP contribution in [0.3, 0.4) is 0 Å². The van der Waals surface area contributed by atoms with Crippen molar-refractivity contribution < 1.29 is 14.6 Å². The first kappa shape index (κ1) is 14.7. The van der Waals surface area contributed by atoms with Gasteiger partial charge < -0.3 is 20.5 Å². The molecule has 110 valence electrons. The second-order valence-electron chi connectivity index (χ2n) is 5.15. The molecular weight excluding hydrogens is 256 g/mol. The van der Waals surface area contributed by atoms with Crippen LogP contribution in [0.25, 0.3) is 0 Å². The van der Waals surface area contributed by atoms with Crippen molar-refractivity contribution in [1.29, 1.82) is 0 Å². The number of ether oxygens (including phenoxy) is 1. The molecule has 0 aromatic heterocycles. The summed E-state index contributed by atoms with van der Waals surface area (Å²) < 4.78 is 5.18. The third kappa shape index (κ3) is 3.87. The molecule has 1 aromatic rings. The van der Waals surface area contributed by atoms with Crippen LogP contribution in [0, 0.1) is 5.92 Å². The fourth-order valence-electron chi connectivity index (χ4n) is 2.56. The van der Waals surface area contributed by atoms with Crippen LogP contribution in [0.2, 0.25) is 0 Å². The molecule has 1 aliphatic rings. The molecular formula is C15H22N2O3. The number of carbonyl (C=O) groups excluding carboxylic acids is 1. The zero-order chi connectivity index (χ0) is 14.4. The molecule has 0 radical (unpaired) electrons. The number of amides is 2. The second-order valence-corrected chi connectivity index (χ2v) is 5.15. The largest absolute Gasteiger partial charge is 0.495 e. The predicted molar refractivity (Wildman–Crippen MR) is 78.0 cm³/mol. The van der Waals surface area contributed by atoms with E-state index in [9.17, 15) is 9.90 Å². The number of carbonyl (C=O) groups is 1. The Hall–Kier alpha value is -1.75. The molecule has 1 fully saturated rings. The molecule has 2 rings (SSSR count). The van der Waals surface area contributed by atoms with Crippen LogP contribution in [0.4, 0.5) is 10.5 Å². The summed E-state index contributed by atoms with van der Waals surface area (Å²) in [6.07, 6.45) is 3.70. The summed E-state index contributed by atoms with van der Waals surface area (Å²) in [5.74, 6) is 0.785. The number of aliphatic hydroxyl groups excluding tert-OH is 1. The molecule has 0 aliphatic heterocycles. The second kappa shape index (κ2) is 7.14. The summed E-state index contributed by atoms with van der Waals surface area (Å²) >= 11 is 0. The van der Waals surface area contributed by atoms with E-state index in [0.717, 1.165) is 25.7 Å². The van der Waals surface area contributed by atoms with Gasteiger partial charge in [0.2, 0.25) is 0 Å². The summed E-state index contributed by atoms with van der Waals surface area (Å²) in [7, 11) is 1.57. The lowest BCUT2D eigenvalue weighted by molar-refractivity contribution is 0.0711. The summed E-state index contributed by atoms with van der Waals surface area (Å²) in [6, 6.07) is 6.99. The average Bonchev–Trinajstić information content (AvgIpc) is 2.47. The molecule has 0 heterocycles. The van der Waals surface area contributed by atoms with Crippen molar-refractivity contribution >= 4 is 11.7 Å². The van der Waals surface area contributed by atoms with Crippen molar-refractivity contribution in [3.8, 4) is 5.75 Å². The highest BCUT2D eigenvalue weighted by Crippen LogP contribution is 2.24. The van der Waals surface area contributed by atoms with Crippen LogP contribution in [0.1, 0.15) is 25.7 Å². The standard InChI is InChI=1S/C15H22N2O3/c1-20-14-9-5-3-7-12(14)17-15(19)16-10-11-6-2-4-8-13(11)18/h3,5,7,9,11,13,18H,2,4,6,8,10H2,1H3,(H2,16,17,19). The van der Waals surface area contributed by atoms with E-state index in [2.05, 4.69) is 10.6 Å². The van der Waals surface area contributed by atoms with Gasteiger partial charge >= 0.3 is 6.03 Å². The van der Waals surface area contributed by atoms with E-state index in [1.807, 2.05) is 12.1 Å². The third-order valence-electron chi connectivity index (χ3n) is 3.75. The van der Waals surface area contributed by atoms with Crippen LogP contribution in [-0.4, -0.2) is 30.9 Å². The van der Waals surface area contributed by atoms with Gasteiger partial charge in [-0.25, -0.2) is 4.79 Å². The molecule has 0 bridgehead atoms. The number of para-hydroxylation sites is 2. The maximum absolute atomic E-state index is 11.9. The number of anilines is 1. The molecule has 2 unspecified atom stereocenters. The Kier molecular flexibility index (Phi) is 5.24. The number of nitrogens with one attached hydrogen (secondary N) is 2. The molecule has 2 atom stereocenters. The Labute approximate surface area is 119 Å². The van der Waals surface area contributed by atoms with Gasteiger partial charge in [0.1, 0.15) is 5.75 Å². The van der Waals surface area contributed by atoms with Crippen molar-refractivity contribution in [2.45, 2.75) is 31.8 Å². The van der Waals surface area contributed by atoms with Gasteiger partial charge in [-0.3, -0.25) is 0 Å². The number of methoxy groups -OCH3 is 1. The lowest BCUT2D eigenvalue weighted by Gasteiger charge is -2.27. The highest BCUT2D eigenvalue weighted by molar-refractivity contribution is 5.90. The molecule has 20 heavy (non-hydrogen) atoms. The highest BCUT2D eigenvalue weighted by Gasteiger charge is 2.23. The van der Waals surface area contributed by atoms with Gasteiger partial charge in [0.05, 0.1) is 18.9 Å². The zero-order valence-corrected chi connectivity index (χ0v) is 11.8. The van der Waals surface area contributed by atoms with Crippen molar-refractivity contribution in [2.24, 2.45) is 5.92 Å². The van der Waals surface area contributed by atoms with E-state index in [1.165, 1.54) is 0 Å². The lowest BCUT2D eigenvalue weighted by atomic mass is 9.86. The first-order valence-corrected chi connectivity index (χ1v) is 7.06. The van der Waals surface area contributed by atoms with Crippen LogP contribution in [0.5, 0.6) is 5.75 Å². The van der Waals surface area contributed by atoms with Crippen molar-refractivity contribution in [2.75, 3.05) is 19.0 Å². The Morgan fingerprint density at radius 3 is 2.85 bits per heavy atom. The summed E-state index contributed by atoms with van der Waals surface area (Å²) in [5.41, 5.74) is 0.636. The molecule has 3 N–H and O–H groups in total. The number of benzene rings is 1. The predicted octanol–water partition coefficient (Wildman–Crippen LogP) is 2.37. The van der Waals surface area contributed by atoms with E-state index < -0.39 is 0 Å². The number of aliphatic hydroxyl groups is 1. The van der Waals surface area contributed by atoms with Crippen molar-refractivity contribution in [3.63, 3.8) is 0 Å². The summed E-state index contributed by atoms with van der Waals surface area (Å²) in [5, 5.41) is 15.4. The van der Waals surface area contributed by atoms with Gasteiger partial charge in [0.25, 0.3) is 0 Å². The minimum absolute atomic E-state index is 0.159. The number of rotatable bonds is 4. The quantitative estimate of drug-likeness (QED) is 0.792. The maximum atomic E-state index is 11.9. The van der Waals surface area contributed by atoms with Crippen LogP contribution < -0.4 is 15.4 Å². The first-order chi connectivity index (χ1) is 9.70. The smallest absolute Gasteiger partial charge is 0.319 e. The summed E-state index contributed by atoms with van der Waals surface area (Å²) in [6.45, 7) is 0.502. The lowest BCUT2D eigenvalue weighted by Crippen LogP contribution is -2.38. The van der Waals surface area contributed by atoms with Gasteiger partial charge in [0.15, 0.2) is 0 Å². The Morgan fingerprint density at radius 1 is 1.35 bits per heavy atom.